The number of carbonyl (C=O) groups is 2. The first kappa shape index (κ1) is 14.9. The van der Waals surface area contributed by atoms with E-state index in [9.17, 15) is 9.59 Å². The van der Waals surface area contributed by atoms with Crippen LogP contribution in [0.15, 0.2) is 24.3 Å². The minimum Gasteiger partial charge on any atom is -0.481 e. The van der Waals surface area contributed by atoms with Crippen LogP contribution in [0.5, 0.6) is 0 Å². The molecule has 1 aromatic carbocycles. The summed E-state index contributed by atoms with van der Waals surface area (Å²) >= 11 is 6.25. The molecule has 1 atom stereocenters. The number of H-pyrrole nitrogens is 1. The van der Waals surface area contributed by atoms with Gasteiger partial charge in [0, 0.05) is 17.5 Å². The molecule has 0 radical (unpaired) electrons. The monoisotopic (exact) mass is 322 g/mol. The highest BCUT2D eigenvalue weighted by molar-refractivity contribution is 6.38. The molecule has 3 N–H and O–H groups in total. The van der Waals surface area contributed by atoms with E-state index in [0.717, 1.165) is 10.9 Å². The van der Waals surface area contributed by atoms with Crippen molar-refractivity contribution in [3.05, 3.63) is 35.0 Å². The first-order valence-corrected chi connectivity index (χ1v) is 7.27. The molecule has 2 aromatic rings. The number of para-hydroxylation sites is 1. The van der Waals surface area contributed by atoms with Gasteiger partial charge in [-0.3, -0.25) is 9.59 Å². The minimum atomic E-state index is -0.978. The molecular formula is C15H15ClN2O4. The third-order valence-electron chi connectivity index (χ3n) is 3.84. The molecule has 1 fully saturated rings. The Hall–Kier alpha value is -2.05. The Morgan fingerprint density at radius 3 is 2.82 bits per heavy atom. The second-order valence-electron chi connectivity index (χ2n) is 5.47. The fourth-order valence-electron chi connectivity index (χ4n) is 2.75. The summed E-state index contributed by atoms with van der Waals surface area (Å²) in [6.45, 7) is 0.608. The molecule has 0 saturated carbocycles. The van der Waals surface area contributed by atoms with E-state index in [4.69, 9.17) is 21.4 Å². The lowest BCUT2D eigenvalue weighted by Gasteiger charge is -2.26. The predicted molar refractivity (Wildman–Crippen MR) is 81.2 cm³/mol. The standard InChI is InChI=1S/C15H15ClN2O4/c16-12-9-3-1-2-4-10(9)17-13(12)14(21)18-15(7-11(19)20)5-6-22-8-15/h1-4,17H,5-8H2,(H,18,21)(H,19,20). The number of rotatable bonds is 4. The zero-order valence-corrected chi connectivity index (χ0v) is 12.4. The summed E-state index contributed by atoms with van der Waals surface area (Å²) in [6.07, 6.45) is 0.277. The van der Waals surface area contributed by atoms with Crippen LogP contribution >= 0.6 is 11.6 Å². The van der Waals surface area contributed by atoms with Crippen molar-refractivity contribution in [2.45, 2.75) is 18.4 Å². The van der Waals surface area contributed by atoms with E-state index < -0.39 is 17.4 Å². The van der Waals surface area contributed by atoms with Crippen LogP contribution in [0.3, 0.4) is 0 Å². The Balaban J connectivity index is 1.89. The van der Waals surface area contributed by atoms with Crippen molar-refractivity contribution in [1.29, 1.82) is 0 Å². The normalized spacial score (nSPS) is 21.1. The molecular weight excluding hydrogens is 308 g/mol. The van der Waals surface area contributed by atoms with Crippen LogP contribution in [0.25, 0.3) is 10.9 Å². The molecule has 1 aliphatic rings. The third kappa shape index (κ3) is 2.67. The summed E-state index contributed by atoms with van der Waals surface area (Å²) in [6, 6.07) is 7.31. The van der Waals surface area contributed by atoms with Gasteiger partial charge >= 0.3 is 5.97 Å². The van der Waals surface area contributed by atoms with Crippen LogP contribution in [0, 0.1) is 0 Å². The van der Waals surface area contributed by atoms with Crippen molar-refractivity contribution in [2.24, 2.45) is 0 Å². The smallest absolute Gasteiger partial charge is 0.305 e. The van der Waals surface area contributed by atoms with E-state index >= 15 is 0 Å². The molecule has 6 nitrogen and oxygen atoms in total. The Kier molecular flexibility index (Phi) is 3.80. The summed E-state index contributed by atoms with van der Waals surface area (Å²) in [7, 11) is 0. The van der Waals surface area contributed by atoms with Gasteiger partial charge in [-0.2, -0.15) is 0 Å². The topological polar surface area (TPSA) is 91.4 Å². The van der Waals surface area contributed by atoms with Gasteiger partial charge in [0.15, 0.2) is 0 Å². The molecule has 0 aliphatic carbocycles. The van der Waals surface area contributed by atoms with Gasteiger partial charge in [-0.1, -0.05) is 29.8 Å². The van der Waals surface area contributed by atoms with Crippen LogP contribution in [0.4, 0.5) is 0 Å². The second kappa shape index (κ2) is 5.62. The van der Waals surface area contributed by atoms with Crippen molar-refractivity contribution in [2.75, 3.05) is 13.2 Å². The lowest BCUT2D eigenvalue weighted by atomic mass is 9.94. The summed E-state index contributed by atoms with van der Waals surface area (Å²) < 4.78 is 5.27. The van der Waals surface area contributed by atoms with Crippen molar-refractivity contribution in [1.82, 2.24) is 10.3 Å². The van der Waals surface area contributed by atoms with E-state index in [0.29, 0.717) is 18.1 Å². The summed E-state index contributed by atoms with van der Waals surface area (Å²) in [5.74, 6) is -1.40. The van der Waals surface area contributed by atoms with Gasteiger partial charge in [0.05, 0.1) is 23.6 Å². The van der Waals surface area contributed by atoms with Crippen LogP contribution in [0.1, 0.15) is 23.3 Å². The lowest BCUT2D eigenvalue weighted by molar-refractivity contribution is -0.138. The zero-order chi connectivity index (χ0) is 15.7. The first-order chi connectivity index (χ1) is 10.5. The number of hydrogen-bond acceptors (Lipinski definition) is 3. The fraction of sp³-hybridized carbons (Fsp3) is 0.333. The third-order valence-corrected chi connectivity index (χ3v) is 4.23. The molecule has 116 valence electrons. The summed E-state index contributed by atoms with van der Waals surface area (Å²) in [5.41, 5.74) is 0.107. The number of aromatic amines is 1. The molecule has 0 spiro atoms. The number of aliphatic carboxylic acids is 1. The van der Waals surface area contributed by atoms with Crippen molar-refractivity contribution in [3.8, 4) is 0 Å². The number of hydrogen-bond donors (Lipinski definition) is 3. The van der Waals surface area contributed by atoms with Crippen molar-refractivity contribution >= 4 is 34.4 Å². The van der Waals surface area contributed by atoms with Gasteiger partial charge in [-0.25, -0.2) is 0 Å². The van der Waals surface area contributed by atoms with E-state index in [1.165, 1.54) is 0 Å². The maximum atomic E-state index is 12.5. The highest BCUT2D eigenvalue weighted by Gasteiger charge is 2.39. The quantitative estimate of drug-likeness (QED) is 0.804. The van der Waals surface area contributed by atoms with Crippen LogP contribution in [-0.4, -0.2) is 40.7 Å². The molecule has 1 aliphatic heterocycles. The van der Waals surface area contributed by atoms with Crippen LogP contribution in [-0.2, 0) is 9.53 Å². The predicted octanol–water partition coefficient (Wildman–Crippen LogP) is 2.18. The molecule has 1 unspecified atom stereocenters. The average molecular weight is 323 g/mol. The molecule has 1 aromatic heterocycles. The van der Waals surface area contributed by atoms with Gasteiger partial charge in [0.25, 0.3) is 5.91 Å². The average Bonchev–Trinajstić information content (AvgIpc) is 3.04. The number of amides is 1. The number of halogens is 1. The number of benzene rings is 1. The first-order valence-electron chi connectivity index (χ1n) is 6.89. The Bertz CT molecular complexity index is 734. The van der Waals surface area contributed by atoms with Crippen molar-refractivity contribution in [3.63, 3.8) is 0 Å². The number of aromatic nitrogens is 1. The minimum absolute atomic E-state index is 0.183. The Morgan fingerprint density at radius 2 is 2.18 bits per heavy atom. The van der Waals surface area contributed by atoms with E-state index in [1.54, 1.807) is 0 Å². The molecule has 2 heterocycles. The molecule has 1 saturated heterocycles. The van der Waals surface area contributed by atoms with E-state index in [2.05, 4.69) is 10.3 Å². The number of carboxylic acid groups (broad SMARTS) is 1. The molecule has 7 heteroatoms. The van der Waals surface area contributed by atoms with Gasteiger partial charge in [0.1, 0.15) is 5.69 Å². The zero-order valence-electron chi connectivity index (χ0n) is 11.7. The Labute approximate surface area is 131 Å². The Morgan fingerprint density at radius 1 is 1.41 bits per heavy atom. The molecule has 22 heavy (non-hydrogen) atoms. The van der Waals surface area contributed by atoms with Gasteiger partial charge in [-0.05, 0) is 12.5 Å². The van der Waals surface area contributed by atoms with E-state index in [-0.39, 0.29) is 18.7 Å². The highest BCUT2D eigenvalue weighted by atomic mass is 35.5. The van der Waals surface area contributed by atoms with Gasteiger partial charge in [-0.15, -0.1) is 0 Å². The van der Waals surface area contributed by atoms with E-state index in [1.807, 2.05) is 24.3 Å². The second-order valence-corrected chi connectivity index (χ2v) is 5.85. The largest absolute Gasteiger partial charge is 0.481 e. The van der Waals surface area contributed by atoms with Gasteiger partial charge < -0.3 is 20.1 Å². The van der Waals surface area contributed by atoms with Crippen molar-refractivity contribution < 1.29 is 19.4 Å². The highest BCUT2D eigenvalue weighted by Crippen LogP contribution is 2.29. The van der Waals surface area contributed by atoms with Crippen LogP contribution < -0.4 is 5.32 Å². The number of nitrogens with one attached hydrogen (secondary N) is 2. The molecule has 0 bridgehead atoms. The number of carboxylic acids is 1. The SMILES string of the molecule is O=C(O)CC1(NC(=O)c2[nH]c3ccccc3c2Cl)CCOC1. The summed E-state index contributed by atoms with van der Waals surface area (Å²) in [4.78, 5) is 26.5. The molecule has 1 amide bonds. The summed E-state index contributed by atoms with van der Waals surface area (Å²) in [5, 5.41) is 12.9. The molecule has 3 rings (SSSR count). The number of fused-ring (bicyclic) bond motifs is 1. The maximum Gasteiger partial charge on any atom is 0.305 e. The van der Waals surface area contributed by atoms with Crippen LogP contribution in [0.2, 0.25) is 5.02 Å². The number of ether oxygens (including phenoxy) is 1. The lowest BCUT2D eigenvalue weighted by Crippen LogP contribution is -2.50. The fourth-order valence-corrected chi connectivity index (χ4v) is 3.04. The van der Waals surface area contributed by atoms with Gasteiger partial charge in [0.2, 0.25) is 0 Å². The number of carbonyl (C=O) groups excluding carboxylic acids is 1. The maximum absolute atomic E-state index is 12.5.